The van der Waals surface area contributed by atoms with Crippen LogP contribution >= 0.6 is 0 Å². The SMILES string of the molecule is COc1ccc(CC(=O)Nc2ccc3nc(N4C[C@H](C)C[C@H](C)C4)cc(C(=O)O)c3c2)cc1. The number of aromatic nitrogens is 1. The second-order valence-corrected chi connectivity index (χ2v) is 8.99. The van der Waals surface area contributed by atoms with E-state index in [0.717, 1.165) is 30.8 Å². The molecule has 0 spiro atoms. The number of aromatic carboxylic acids is 1. The number of carboxylic acids is 1. The van der Waals surface area contributed by atoms with Crippen molar-refractivity contribution in [3.63, 3.8) is 0 Å². The van der Waals surface area contributed by atoms with Gasteiger partial charge in [-0.25, -0.2) is 9.78 Å². The summed E-state index contributed by atoms with van der Waals surface area (Å²) >= 11 is 0. The number of pyridine rings is 1. The first-order valence-corrected chi connectivity index (χ1v) is 11.2. The van der Waals surface area contributed by atoms with Crippen LogP contribution in [0.1, 0.15) is 36.2 Å². The van der Waals surface area contributed by atoms with Crippen LogP contribution in [0.25, 0.3) is 10.9 Å². The van der Waals surface area contributed by atoms with Gasteiger partial charge in [-0.05, 0) is 60.2 Å². The number of carboxylic acid groups (broad SMARTS) is 1. The van der Waals surface area contributed by atoms with Crippen molar-refractivity contribution in [3.05, 3.63) is 59.7 Å². The second-order valence-electron chi connectivity index (χ2n) is 8.99. The van der Waals surface area contributed by atoms with Gasteiger partial charge in [0.05, 0.1) is 24.6 Å². The van der Waals surface area contributed by atoms with Crippen LogP contribution in [0.4, 0.5) is 11.5 Å². The van der Waals surface area contributed by atoms with E-state index in [1.807, 2.05) is 24.3 Å². The first-order chi connectivity index (χ1) is 15.8. The van der Waals surface area contributed by atoms with E-state index in [4.69, 9.17) is 9.72 Å². The summed E-state index contributed by atoms with van der Waals surface area (Å²) in [5, 5.41) is 13.2. The number of anilines is 2. The van der Waals surface area contributed by atoms with Crippen molar-refractivity contribution in [1.82, 2.24) is 4.98 Å². The van der Waals surface area contributed by atoms with E-state index in [1.165, 1.54) is 0 Å². The number of benzene rings is 2. The third kappa shape index (κ3) is 5.25. The highest BCUT2D eigenvalue weighted by Crippen LogP contribution is 2.30. The van der Waals surface area contributed by atoms with Gasteiger partial charge in [0, 0.05) is 24.2 Å². The number of ether oxygens (including phenoxy) is 1. The smallest absolute Gasteiger partial charge is 0.336 e. The average molecular weight is 448 g/mol. The van der Waals surface area contributed by atoms with E-state index >= 15 is 0 Å². The largest absolute Gasteiger partial charge is 0.497 e. The Morgan fingerprint density at radius 3 is 2.42 bits per heavy atom. The van der Waals surface area contributed by atoms with E-state index in [1.54, 1.807) is 31.4 Å². The summed E-state index contributed by atoms with van der Waals surface area (Å²) in [5.74, 6) is 1.29. The maximum Gasteiger partial charge on any atom is 0.336 e. The monoisotopic (exact) mass is 447 g/mol. The van der Waals surface area contributed by atoms with Gasteiger partial charge in [-0.15, -0.1) is 0 Å². The highest BCUT2D eigenvalue weighted by molar-refractivity contribution is 6.05. The number of nitrogens with one attached hydrogen (secondary N) is 1. The standard InChI is InChI=1S/C26H29N3O4/c1-16-10-17(2)15-29(14-16)24-13-22(26(31)32)21-12-19(6-9-23(21)28-24)27-25(30)11-18-4-7-20(33-3)8-5-18/h4-9,12-13,16-17H,10-11,14-15H2,1-3H3,(H,27,30)(H,31,32)/t16-,17+. The molecule has 0 bridgehead atoms. The molecule has 1 fully saturated rings. The quantitative estimate of drug-likeness (QED) is 0.574. The molecule has 172 valence electrons. The fourth-order valence-corrected chi connectivity index (χ4v) is 4.61. The lowest BCUT2D eigenvalue weighted by molar-refractivity contribution is -0.115. The molecular formula is C26H29N3O4. The van der Waals surface area contributed by atoms with Gasteiger partial charge in [-0.2, -0.15) is 0 Å². The Morgan fingerprint density at radius 1 is 1.09 bits per heavy atom. The van der Waals surface area contributed by atoms with Crippen molar-refractivity contribution in [2.24, 2.45) is 11.8 Å². The Kier molecular flexibility index (Phi) is 6.49. The normalized spacial score (nSPS) is 18.2. The minimum atomic E-state index is -1.01. The van der Waals surface area contributed by atoms with E-state index in [2.05, 4.69) is 24.1 Å². The molecule has 1 aliphatic rings. The molecule has 1 aromatic heterocycles. The summed E-state index contributed by atoms with van der Waals surface area (Å²) in [6, 6.07) is 14.2. The van der Waals surface area contributed by atoms with Crippen LogP contribution in [0, 0.1) is 11.8 Å². The molecule has 0 aliphatic carbocycles. The van der Waals surface area contributed by atoms with Gasteiger partial charge in [0.1, 0.15) is 11.6 Å². The van der Waals surface area contributed by atoms with Gasteiger partial charge in [0.2, 0.25) is 5.91 Å². The van der Waals surface area contributed by atoms with Gasteiger partial charge >= 0.3 is 5.97 Å². The summed E-state index contributed by atoms with van der Waals surface area (Å²) in [6.07, 6.45) is 1.37. The molecule has 0 radical (unpaired) electrons. The first kappa shape index (κ1) is 22.6. The third-order valence-corrected chi connectivity index (χ3v) is 6.03. The maximum absolute atomic E-state index is 12.5. The van der Waals surface area contributed by atoms with Gasteiger partial charge in [0.25, 0.3) is 0 Å². The molecule has 4 rings (SSSR count). The molecule has 2 aromatic carbocycles. The molecule has 7 nitrogen and oxygen atoms in total. The van der Waals surface area contributed by atoms with Gasteiger partial charge in [0.15, 0.2) is 0 Å². The number of piperidine rings is 1. The Hall–Kier alpha value is -3.61. The summed E-state index contributed by atoms with van der Waals surface area (Å²) in [7, 11) is 1.60. The number of hydrogen-bond donors (Lipinski definition) is 2. The summed E-state index contributed by atoms with van der Waals surface area (Å²) in [4.78, 5) is 31.5. The highest BCUT2D eigenvalue weighted by Gasteiger charge is 2.24. The summed E-state index contributed by atoms with van der Waals surface area (Å²) < 4.78 is 5.14. The Bertz CT molecular complexity index is 1170. The molecule has 0 unspecified atom stereocenters. The number of nitrogens with zero attached hydrogens (tertiary/aromatic N) is 2. The Balaban J connectivity index is 1.57. The van der Waals surface area contributed by atoms with Crippen molar-refractivity contribution in [1.29, 1.82) is 0 Å². The average Bonchev–Trinajstić information content (AvgIpc) is 2.78. The van der Waals surface area contributed by atoms with Crippen LogP contribution in [0.3, 0.4) is 0 Å². The van der Waals surface area contributed by atoms with Crippen LogP contribution in [-0.4, -0.2) is 42.2 Å². The molecule has 3 aromatic rings. The van der Waals surface area contributed by atoms with Crippen molar-refractivity contribution in [3.8, 4) is 5.75 Å². The molecule has 0 saturated carbocycles. The predicted octanol–water partition coefficient (Wildman–Crippen LogP) is 4.61. The summed E-state index contributed by atoms with van der Waals surface area (Å²) in [5.41, 5.74) is 2.19. The number of carbonyl (C=O) groups is 2. The summed E-state index contributed by atoms with van der Waals surface area (Å²) in [6.45, 7) is 6.15. The Morgan fingerprint density at radius 2 is 1.79 bits per heavy atom. The second kappa shape index (κ2) is 9.48. The van der Waals surface area contributed by atoms with Crippen LogP contribution in [0.15, 0.2) is 48.5 Å². The van der Waals surface area contributed by atoms with Crippen molar-refractivity contribution in [2.45, 2.75) is 26.7 Å². The zero-order valence-corrected chi connectivity index (χ0v) is 19.2. The fraction of sp³-hybridized carbons (Fsp3) is 0.346. The van der Waals surface area contributed by atoms with Gasteiger partial charge < -0.3 is 20.1 Å². The van der Waals surface area contributed by atoms with Crippen LogP contribution < -0.4 is 15.0 Å². The molecule has 2 N–H and O–H groups in total. The van der Waals surface area contributed by atoms with E-state index < -0.39 is 5.97 Å². The van der Waals surface area contributed by atoms with Crippen molar-refractivity contribution in [2.75, 3.05) is 30.4 Å². The molecule has 33 heavy (non-hydrogen) atoms. The number of methoxy groups -OCH3 is 1. The van der Waals surface area contributed by atoms with Crippen molar-refractivity contribution >= 4 is 34.3 Å². The third-order valence-electron chi connectivity index (χ3n) is 6.03. The minimum Gasteiger partial charge on any atom is -0.497 e. The molecule has 2 atom stereocenters. The van der Waals surface area contributed by atoms with E-state index in [0.29, 0.717) is 34.2 Å². The zero-order chi connectivity index (χ0) is 23.5. The Labute approximate surface area is 193 Å². The van der Waals surface area contributed by atoms with E-state index in [-0.39, 0.29) is 17.9 Å². The van der Waals surface area contributed by atoms with E-state index in [9.17, 15) is 14.7 Å². The van der Waals surface area contributed by atoms with Gasteiger partial charge in [-0.3, -0.25) is 4.79 Å². The van der Waals surface area contributed by atoms with Crippen molar-refractivity contribution < 1.29 is 19.4 Å². The lowest BCUT2D eigenvalue weighted by Gasteiger charge is -2.36. The number of carbonyl (C=O) groups excluding carboxylic acids is 1. The zero-order valence-electron chi connectivity index (χ0n) is 19.2. The number of hydrogen-bond acceptors (Lipinski definition) is 5. The first-order valence-electron chi connectivity index (χ1n) is 11.2. The molecule has 1 saturated heterocycles. The van der Waals surface area contributed by atoms with Gasteiger partial charge in [-0.1, -0.05) is 26.0 Å². The number of amides is 1. The topological polar surface area (TPSA) is 91.8 Å². The highest BCUT2D eigenvalue weighted by atomic mass is 16.5. The molecular weight excluding hydrogens is 418 g/mol. The van der Waals surface area contributed by atoms with Crippen LogP contribution in [0.5, 0.6) is 5.75 Å². The number of rotatable bonds is 6. The minimum absolute atomic E-state index is 0.183. The van der Waals surface area contributed by atoms with Crippen LogP contribution in [-0.2, 0) is 11.2 Å². The molecule has 1 aliphatic heterocycles. The lowest BCUT2D eigenvalue weighted by Crippen LogP contribution is -2.39. The molecule has 1 amide bonds. The molecule has 2 heterocycles. The van der Waals surface area contributed by atoms with Crippen LogP contribution in [0.2, 0.25) is 0 Å². The predicted molar refractivity (Wildman–Crippen MR) is 129 cm³/mol. The lowest BCUT2D eigenvalue weighted by atomic mass is 9.92. The maximum atomic E-state index is 12.5. The fourth-order valence-electron chi connectivity index (χ4n) is 4.61. The number of fused-ring (bicyclic) bond motifs is 1. The molecule has 7 heteroatoms.